The third-order valence-corrected chi connectivity index (χ3v) is 2.73. The molecule has 1 unspecified atom stereocenters. The molecule has 1 aliphatic carbocycles. The summed E-state index contributed by atoms with van der Waals surface area (Å²) in [5.74, 6) is 0.660. The first-order valence-electron chi connectivity index (χ1n) is 4.39. The van der Waals surface area contributed by atoms with Gasteiger partial charge >= 0.3 is 0 Å². The molecule has 12 heavy (non-hydrogen) atoms. The molecule has 0 N–H and O–H groups in total. The molecule has 0 saturated heterocycles. The summed E-state index contributed by atoms with van der Waals surface area (Å²) < 4.78 is 25.4. The highest BCUT2D eigenvalue weighted by atomic mass is 19.3. The Labute approximate surface area is 72.3 Å². The predicted molar refractivity (Wildman–Crippen MR) is 44.9 cm³/mol. The summed E-state index contributed by atoms with van der Waals surface area (Å²) in [6.07, 6.45) is 6.43. The second kappa shape index (κ2) is 3.43. The lowest BCUT2D eigenvalue weighted by molar-refractivity contribution is -0.0488. The molecule has 68 valence electrons. The zero-order chi connectivity index (χ0) is 9.19. The smallest absolute Gasteiger partial charge is 0.207 e. The van der Waals surface area contributed by atoms with Crippen LogP contribution in [0.1, 0.15) is 32.6 Å². The second-order valence-electron chi connectivity index (χ2n) is 3.65. The minimum Gasteiger partial charge on any atom is -0.207 e. The normalized spacial score (nSPS) is 26.2. The van der Waals surface area contributed by atoms with Crippen molar-refractivity contribution >= 4 is 0 Å². The molecule has 0 radical (unpaired) electrons. The molecular formula is C10H14F2. The Morgan fingerprint density at radius 3 is 2.33 bits per heavy atom. The van der Waals surface area contributed by atoms with Gasteiger partial charge < -0.3 is 0 Å². The highest BCUT2D eigenvalue weighted by Crippen LogP contribution is 2.38. The van der Waals surface area contributed by atoms with Crippen molar-refractivity contribution in [1.82, 2.24) is 0 Å². The third kappa shape index (κ3) is 2.20. The van der Waals surface area contributed by atoms with Crippen molar-refractivity contribution in [2.45, 2.75) is 38.5 Å². The van der Waals surface area contributed by atoms with Gasteiger partial charge in [0.05, 0.1) is 0 Å². The van der Waals surface area contributed by atoms with Crippen LogP contribution in [0.5, 0.6) is 0 Å². The van der Waals surface area contributed by atoms with E-state index in [9.17, 15) is 8.78 Å². The summed E-state index contributed by atoms with van der Waals surface area (Å²) in [7, 11) is 0. The molecule has 2 heteroatoms. The zero-order valence-electron chi connectivity index (χ0n) is 7.32. The van der Waals surface area contributed by atoms with Crippen molar-refractivity contribution in [3.63, 3.8) is 0 Å². The number of alkyl halides is 2. The van der Waals surface area contributed by atoms with Gasteiger partial charge in [0.25, 0.3) is 0 Å². The van der Waals surface area contributed by atoms with Crippen molar-refractivity contribution < 1.29 is 8.78 Å². The van der Waals surface area contributed by atoms with E-state index < -0.39 is 5.92 Å². The average molecular weight is 172 g/mol. The molecule has 1 fully saturated rings. The fourth-order valence-electron chi connectivity index (χ4n) is 1.70. The third-order valence-electron chi connectivity index (χ3n) is 2.73. The number of rotatable bonds is 1. The summed E-state index contributed by atoms with van der Waals surface area (Å²) in [6.45, 7) is 1.94. The molecule has 1 aliphatic rings. The second-order valence-corrected chi connectivity index (χ2v) is 3.65. The fourth-order valence-corrected chi connectivity index (χ4v) is 1.70. The first-order valence-corrected chi connectivity index (χ1v) is 4.39. The zero-order valence-corrected chi connectivity index (χ0v) is 7.32. The van der Waals surface area contributed by atoms with Gasteiger partial charge in [-0.15, -0.1) is 12.3 Å². The van der Waals surface area contributed by atoms with Crippen LogP contribution in [0.2, 0.25) is 0 Å². The summed E-state index contributed by atoms with van der Waals surface area (Å²) in [5, 5.41) is 0. The molecule has 1 rings (SSSR count). The van der Waals surface area contributed by atoms with Crippen LogP contribution in [-0.2, 0) is 0 Å². The van der Waals surface area contributed by atoms with E-state index in [2.05, 4.69) is 5.92 Å². The van der Waals surface area contributed by atoms with E-state index in [1.807, 2.05) is 6.92 Å². The van der Waals surface area contributed by atoms with Gasteiger partial charge in [-0.2, -0.15) is 0 Å². The topological polar surface area (TPSA) is 0 Å². The molecule has 0 heterocycles. The van der Waals surface area contributed by atoms with E-state index in [-0.39, 0.29) is 18.8 Å². The van der Waals surface area contributed by atoms with E-state index in [0.717, 1.165) is 0 Å². The van der Waals surface area contributed by atoms with E-state index >= 15 is 0 Å². The minimum absolute atomic E-state index is 0.0175. The molecular weight excluding hydrogens is 158 g/mol. The fraction of sp³-hybridized carbons (Fsp3) is 0.800. The molecule has 1 saturated carbocycles. The van der Waals surface area contributed by atoms with Crippen LogP contribution in [0.15, 0.2) is 0 Å². The Hall–Kier alpha value is -0.580. The molecule has 0 amide bonds. The van der Waals surface area contributed by atoms with Gasteiger partial charge in [0.1, 0.15) is 0 Å². The molecule has 0 aromatic carbocycles. The summed E-state index contributed by atoms with van der Waals surface area (Å²) in [6, 6.07) is 0. The average Bonchev–Trinajstić information content (AvgIpc) is 2.03. The van der Waals surface area contributed by atoms with E-state index in [4.69, 9.17) is 6.42 Å². The standard InChI is InChI=1S/C10H14F2/c1-3-8(2)9-4-6-10(11,12)7-5-9/h1,8-9H,4-7H2,2H3. The Morgan fingerprint density at radius 2 is 1.92 bits per heavy atom. The lowest BCUT2D eigenvalue weighted by atomic mass is 9.80. The Kier molecular flexibility index (Phi) is 2.72. The molecule has 0 aromatic rings. The quantitative estimate of drug-likeness (QED) is 0.533. The van der Waals surface area contributed by atoms with Gasteiger partial charge in [0, 0.05) is 18.8 Å². The summed E-state index contributed by atoms with van der Waals surface area (Å²) in [5.41, 5.74) is 0. The molecule has 0 aliphatic heterocycles. The maximum atomic E-state index is 12.7. The number of hydrogen-bond donors (Lipinski definition) is 0. The number of halogens is 2. The Balaban J connectivity index is 2.42. The van der Waals surface area contributed by atoms with Crippen molar-refractivity contribution in [1.29, 1.82) is 0 Å². The maximum Gasteiger partial charge on any atom is 0.248 e. The van der Waals surface area contributed by atoms with Gasteiger partial charge in [-0.25, -0.2) is 8.78 Å². The summed E-state index contributed by atoms with van der Waals surface area (Å²) in [4.78, 5) is 0. The van der Waals surface area contributed by atoms with Crippen LogP contribution >= 0.6 is 0 Å². The monoisotopic (exact) mass is 172 g/mol. The molecule has 0 aromatic heterocycles. The highest BCUT2D eigenvalue weighted by Gasteiger charge is 2.36. The first kappa shape index (κ1) is 9.51. The van der Waals surface area contributed by atoms with Gasteiger partial charge in [-0.05, 0) is 18.8 Å². The number of hydrogen-bond acceptors (Lipinski definition) is 0. The lowest BCUT2D eigenvalue weighted by Gasteiger charge is -2.29. The molecule has 1 atom stereocenters. The first-order chi connectivity index (χ1) is 5.55. The lowest BCUT2D eigenvalue weighted by Crippen LogP contribution is -2.27. The largest absolute Gasteiger partial charge is 0.248 e. The van der Waals surface area contributed by atoms with Crippen LogP contribution in [0.4, 0.5) is 8.78 Å². The van der Waals surface area contributed by atoms with Crippen LogP contribution in [0.3, 0.4) is 0 Å². The van der Waals surface area contributed by atoms with E-state index in [1.165, 1.54) is 0 Å². The predicted octanol–water partition coefficient (Wildman–Crippen LogP) is 3.08. The van der Waals surface area contributed by atoms with Gasteiger partial charge in [-0.3, -0.25) is 0 Å². The van der Waals surface area contributed by atoms with Crippen molar-refractivity contribution in [2.75, 3.05) is 0 Å². The van der Waals surface area contributed by atoms with Crippen molar-refractivity contribution in [2.24, 2.45) is 11.8 Å². The molecule has 0 nitrogen and oxygen atoms in total. The van der Waals surface area contributed by atoms with E-state index in [1.54, 1.807) is 0 Å². The molecule has 0 spiro atoms. The van der Waals surface area contributed by atoms with Gasteiger partial charge in [-0.1, -0.05) is 6.92 Å². The Morgan fingerprint density at radius 1 is 1.42 bits per heavy atom. The number of terminal acetylenes is 1. The van der Waals surface area contributed by atoms with Crippen molar-refractivity contribution in [3.8, 4) is 12.3 Å². The minimum atomic E-state index is -2.43. The highest BCUT2D eigenvalue weighted by molar-refractivity contribution is 4.95. The summed E-state index contributed by atoms with van der Waals surface area (Å²) >= 11 is 0. The SMILES string of the molecule is C#CC(C)C1CCC(F)(F)CC1. The maximum absolute atomic E-state index is 12.7. The van der Waals surface area contributed by atoms with Crippen LogP contribution in [-0.4, -0.2) is 5.92 Å². The Bertz CT molecular complexity index is 181. The van der Waals surface area contributed by atoms with E-state index in [0.29, 0.717) is 18.8 Å². The van der Waals surface area contributed by atoms with Gasteiger partial charge in [0.15, 0.2) is 0 Å². The van der Waals surface area contributed by atoms with Crippen LogP contribution < -0.4 is 0 Å². The van der Waals surface area contributed by atoms with Gasteiger partial charge in [0.2, 0.25) is 5.92 Å². The van der Waals surface area contributed by atoms with Crippen LogP contribution in [0.25, 0.3) is 0 Å². The van der Waals surface area contributed by atoms with Crippen molar-refractivity contribution in [3.05, 3.63) is 0 Å². The molecule has 0 bridgehead atoms. The van der Waals surface area contributed by atoms with Crippen LogP contribution in [0, 0.1) is 24.2 Å².